The quantitative estimate of drug-likeness (QED) is 0.831. The van der Waals surface area contributed by atoms with Gasteiger partial charge in [-0.3, -0.25) is 4.79 Å². The van der Waals surface area contributed by atoms with E-state index in [9.17, 15) is 4.79 Å². The number of Topliss-reactive ketones (excluding diaryl/α,β-unsaturated/α-hetero) is 1. The highest BCUT2D eigenvalue weighted by Crippen LogP contribution is 2.25. The van der Waals surface area contributed by atoms with Crippen molar-refractivity contribution in [1.29, 1.82) is 0 Å². The molecule has 104 valence electrons. The van der Waals surface area contributed by atoms with E-state index in [4.69, 9.17) is 4.74 Å². The lowest BCUT2D eigenvalue weighted by molar-refractivity contribution is -0.123. The second-order valence-electron chi connectivity index (χ2n) is 6.56. The molecular formula is C17H24O2. The smallest absolute Gasteiger partial charge is 0.142 e. The highest BCUT2D eigenvalue weighted by Gasteiger charge is 2.30. The predicted molar refractivity (Wildman–Crippen MR) is 77.4 cm³/mol. The Morgan fingerprint density at radius 3 is 2.37 bits per heavy atom. The summed E-state index contributed by atoms with van der Waals surface area (Å²) in [5, 5.41) is 0. The highest BCUT2D eigenvalue weighted by molar-refractivity contribution is 5.84. The standard InChI is InChI=1S/C17H24O2/c1-12-15(9-10-19-12)16(18)11-13-5-7-14(8-6-13)17(2,3)4/h5-8,12,15H,9-11H2,1-4H3. The summed E-state index contributed by atoms with van der Waals surface area (Å²) in [7, 11) is 0. The minimum Gasteiger partial charge on any atom is -0.378 e. The zero-order valence-electron chi connectivity index (χ0n) is 12.4. The van der Waals surface area contributed by atoms with Crippen molar-refractivity contribution in [3.63, 3.8) is 0 Å². The lowest BCUT2D eigenvalue weighted by Gasteiger charge is -2.19. The van der Waals surface area contributed by atoms with E-state index < -0.39 is 0 Å². The van der Waals surface area contributed by atoms with Gasteiger partial charge in [-0.2, -0.15) is 0 Å². The number of hydrogen-bond donors (Lipinski definition) is 0. The van der Waals surface area contributed by atoms with Gasteiger partial charge in [0.1, 0.15) is 5.78 Å². The summed E-state index contributed by atoms with van der Waals surface area (Å²) in [6, 6.07) is 8.44. The van der Waals surface area contributed by atoms with Crippen LogP contribution in [0.15, 0.2) is 24.3 Å². The second kappa shape index (κ2) is 5.46. The molecule has 0 aromatic heterocycles. The maximum Gasteiger partial charge on any atom is 0.142 e. The molecule has 1 fully saturated rings. The zero-order chi connectivity index (χ0) is 14.0. The van der Waals surface area contributed by atoms with Crippen molar-refractivity contribution in [1.82, 2.24) is 0 Å². The molecule has 2 nitrogen and oxygen atoms in total. The van der Waals surface area contributed by atoms with E-state index in [2.05, 4.69) is 45.0 Å². The summed E-state index contributed by atoms with van der Waals surface area (Å²) in [5.41, 5.74) is 2.58. The molecule has 2 unspecified atom stereocenters. The lowest BCUT2D eigenvalue weighted by Crippen LogP contribution is -2.23. The second-order valence-corrected chi connectivity index (χ2v) is 6.56. The number of ether oxygens (including phenoxy) is 1. The SMILES string of the molecule is CC1OCCC1C(=O)Cc1ccc(C(C)(C)C)cc1. The number of carbonyl (C=O) groups excluding carboxylic acids is 1. The Labute approximate surface area is 116 Å². The Morgan fingerprint density at radius 1 is 1.26 bits per heavy atom. The maximum absolute atomic E-state index is 12.2. The van der Waals surface area contributed by atoms with E-state index in [-0.39, 0.29) is 17.4 Å². The Hall–Kier alpha value is -1.15. The van der Waals surface area contributed by atoms with E-state index in [1.165, 1.54) is 5.56 Å². The topological polar surface area (TPSA) is 26.3 Å². The molecule has 1 aromatic rings. The van der Waals surface area contributed by atoms with Crippen LogP contribution in [-0.2, 0) is 21.4 Å². The molecule has 1 aliphatic heterocycles. The summed E-state index contributed by atoms with van der Waals surface area (Å²) in [4.78, 5) is 12.2. The number of benzene rings is 1. The van der Waals surface area contributed by atoms with Gasteiger partial charge in [-0.1, -0.05) is 45.0 Å². The Bertz CT molecular complexity index is 439. The lowest BCUT2D eigenvalue weighted by atomic mass is 9.86. The first-order valence-corrected chi connectivity index (χ1v) is 7.11. The molecule has 1 heterocycles. The Morgan fingerprint density at radius 2 is 1.89 bits per heavy atom. The van der Waals surface area contributed by atoms with Crippen molar-refractivity contribution in [2.75, 3.05) is 6.61 Å². The van der Waals surface area contributed by atoms with Crippen LogP contribution in [0.1, 0.15) is 45.2 Å². The third-order valence-electron chi connectivity index (χ3n) is 3.99. The molecule has 2 atom stereocenters. The predicted octanol–water partition coefficient (Wildman–Crippen LogP) is 3.52. The molecule has 19 heavy (non-hydrogen) atoms. The average molecular weight is 260 g/mol. The van der Waals surface area contributed by atoms with Crippen molar-refractivity contribution in [2.45, 2.75) is 52.1 Å². The zero-order valence-corrected chi connectivity index (χ0v) is 12.4. The van der Waals surface area contributed by atoms with E-state index in [0.29, 0.717) is 12.2 Å². The number of ketones is 1. The van der Waals surface area contributed by atoms with Crippen LogP contribution in [0.5, 0.6) is 0 Å². The molecule has 0 radical (unpaired) electrons. The van der Waals surface area contributed by atoms with Gasteiger partial charge in [0.2, 0.25) is 0 Å². The molecule has 1 saturated heterocycles. The summed E-state index contributed by atoms with van der Waals surface area (Å²) in [6.07, 6.45) is 1.49. The van der Waals surface area contributed by atoms with Gasteiger partial charge in [-0.15, -0.1) is 0 Å². The fraction of sp³-hybridized carbons (Fsp3) is 0.588. The summed E-state index contributed by atoms with van der Waals surface area (Å²) in [5.74, 6) is 0.399. The van der Waals surface area contributed by atoms with Crippen LogP contribution >= 0.6 is 0 Å². The van der Waals surface area contributed by atoms with Crippen molar-refractivity contribution in [3.05, 3.63) is 35.4 Å². The van der Waals surface area contributed by atoms with Crippen LogP contribution in [0, 0.1) is 5.92 Å². The molecule has 0 aliphatic carbocycles. The highest BCUT2D eigenvalue weighted by atomic mass is 16.5. The van der Waals surface area contributed by atoms with Crippen LogP contribution in [0.25, 0.3) is 0 Å². The minimum atomic E-state index is 0.0846. The van der Waals surface area contributed by atoms with Gasteiger partial charge >= 0.3 is 0 Å². The first-order chi connectivity index (χ1) is 8.88. The molecule has 0 amide bonds. The van der Waals surface area contributed by atoms with E-state index >= 15 is 0 Å². The van der Waals surface area contributed by atoms with Crippen molar-refractivity contribution < 1.29 is 9.53 Å². The summed E-state index contributed by atoms with van der Waals surface area (Å²) in [6.45, 7) is 9.32. The van der Waals surface area contributed by atoms with Crippen molar-refractivity contribution in [2.24, 2.45) is 5.92 Å². The summed E-state index contributed by atoms with van der Waals surface area (Å²) >= 11 is 0. The molecular weight excluding hydrogens is 236 g/mol. The first-order valence-electron chi connectivity index (χ1n) is 7.11. The van der Waals surface area contributed by atoms with E-state index in [1.54, 1.807) is 0 Å². The normalized spacial score (nSPS) is 23.6. The van der Waals surface area contributed by atoms with Gasteiger partial charge in [0, 0.05) is 18.9 Å². The monoisotopic (exact) mass is 260 g/mol. The van der Waals surface area contributed by atoms with Gasteiger partial charge in [0.05, 0.1) is 6.10 Å². The van der Waals surface area contributed by atoms with Crippen LogP contribution in [-0.4, -0.2) is 18.5 Å². The number of rotatable bonds is 3. The molecule has 2 rings (SSSR count). The third-order valence-corrected chi connectivity index (χ3v) is 3.99. The van der Waals surface area contributed by atoms with Crippen LogP contribution < -0.4 is 0 Å². The number of hydrogen-bond acceptors (Lipinski definition) is 2. The first kappa shape index (κ1) is 14.3. The van der Waals surface area contributed by atoms with Crippen LogP contribution in [0.2, 0.25) is 0 Å². The van der Waals surface area contributed by atoms with Gasteiger partial charge in [0.15, 0.2) is 0 Å². The van der Waals surface area contributed by atoms with Gasteiger partial charge in [0.25, 0.3) is 0 Å². The molecule has 0 N–H and O–H groups in total. The molecule has 1 aliphatic rings. The fourth-order valence-corrected chi connectivity index (χ4v) is 2.61. The number of carbonyl (C=O) groups is 1. The average Bonchev–Trinajstić information content (AvgIpc) is 2.75. The van der Waals surface area contributed by atoms with Crippen molar-refractivity contribution >= 4 is 5.78 Å². The van der Waals surface area contributed by atoms with Gasteiger partial charge in [-0.25, -0.2) is 0 Å². The summed E-state index contributed by atoms with van der Waals surface area (Å²) < 4.78 is 5.47. The Balaban J connectivity index is 2.02. The van der Waals surface area contributed by atoms with Gasteiger partial charge in [-0.05, 0) is 29.9 Å². The third kappa shape index (κ3) is 3.44. The molecule has 0 saturated carbocycles. The van der Waals surface area contributed by atoms with E-state index in [1.807, 2.05) is 6.92 Å². The maximum atomic E-state index is 12.2. The largest absolute Gasteiger partial charge is 0.378 e. The van der Waals surface area contributed by atoms with E-state index in [0.717, 1.165) is 18.6 Å². The molecule has 2 heteroatoms. The molecule has 0 spiro atoms. The van der Waals surface area contributed by atoms with Gasteiger partial charge < -0.3 is 4.74 Å². The molecule has 0 bridgehead atoms. The Kier molecular flexibility index (Phi) is 4.10. The minimum absolute atomic E-state index is 0.0846. The van der Waals surface area contributed by atoms with Crippen LogP contribution in [0.4, 0.5) is 0 Å². The fourth-order valence-electron chi connectivity index (χ4n) is 2.61. The van der Waals surface area contributed by atoms with Crippen molar-refractivity contribution in [3.8, 4) is 0 Å². The molecule has 1 aromatic carbocycles. The van der Waals surface area contributed by atoms with Crippen LogP contribution in [0.3, 0.4) is 0 Å².